The highest BCUT2D eigenvalue weighted by Gasteiger charge is 2.38. The Morgan fingerprint density at radius 2 is 2.00 bits per heavy atom. The van der Waals surface area contributed by atoms with E-state index in [0.717, 1.165) is 0 Å². The zero-order valence-electron chi connectivity index (χ0n) is 13.2. The molecule has 2 heterocycles. The summed E-state index contributed by atoms with van der Waals surface area (Å²) in [5.41, 5.74) is 0.626. The molecule has 0 radical (unpaired) electrons. The maximum atomic E-state index is 12.5. The van der Waals surface area contributed by atoms with Gasteiger partial charge in [-0.15, -0.1) is 0 Å². The number of carbonyl (C=O) groups is 2. The number of hydrogen-bond donors (Lipinski definition) is 1. The van der Waals surface area contributed by atoms with Crippen molar-refractivity contribution in [2.75, 3.05) is 0 Å². The summed E-state index contributed by atoms with van der Waals surface area (Å²) >= 11 is 6.08. The number of amides is 1. The van der Waals surface area contributed by atoms with Crippen LogP contribution < -0.4 is 5.32 Å². The SMILES string of the molecule is O=C(NCc1ccc(-c2noc(C(F)(F)F)n2)cc1Cl)C(=O)c1ccco1. The van der Waals surface area contributed by atoms with Crippen molar-refractivity contribution in [3.8, 4) is 11.4 Å². The third-order valence-corrected chi connectivity index (χ3v) is 3.72. The van der Waals surface area contributed by atoms with E-state index in [1.54, 1.807) is 0 Å². The second kappa shape index (κ2) is 7.23. The van der Waals surface area contributed by atoms with Crippen LogP contribution in [0.2, 0.25) is 5.02 Å². The standard InChI is InChI=1S/C16H9ClF3N3O4/c17-10-6-8(13-22-15(27-23-13)16(18,19)20)3-4-9(10)7-21-14(25)12(24)11-2-1-5-26-11/h1-6H,7H2,(H,21,25). The van der Waals surface area contributed by atoms with Crippen LogP contribution in [-0.2, 0) is 17.5 Å². The molecule has 1 aromatic carbocycles. The third-order valence-electron chi connectivity index (χ3n) is 3.37. The molecule has 0 aliphatic rings. The van der Waals surface area contributed by atoms with Crippen LogP contribution in [0.3, 0.4) is 0 Å². The van der Waals surface area contributed by atoms with Crippen LogP contribution in [0.15, 0.2) is 45.5 Å². The summed E-state index contributed by atoms with van der Waals surface area (Å²) in [6.45, 7) is -0.0789. The molecule has 1 amide bonds. The van der Waals surface area contributed by atoms with E-state index in [2.05, 4.69) is 20.0 Å². The number of rotatable bonds is 5. The van der Waals surface area contributed by atoms with E-state index in [1.807, 2.05) is 0 Å². The number of nitrogens with zero attached hydrogens (tertiary/aromatic N) is 2. The van der Waals surface area contributed by atoms with Gasteiger partial charge in [-0.05, 0) is 23.8 Å². The van der Waals surface area contributed by atoms with Crippen molar-refractivity contribution in [3.05, 3.63) is 58.8 Å². The van der Waals surface area contributed by atoms with Gasteiger partial charge >= 0.3 is 12.1 Å². The van der Waals surface area contributed by atoms with Gasteiger partial charge in [-0.3, -0.25) is 9.59 Å². The smallest absolute Gasteiger partial charge is 0.461 e. The molecule has 0 aliphatic heterocycles. The van der Waals surface area contributed by atoms with Gasteiger partial charge in [0.2, 0.25) is 5.82 Å². The first-order chi connectivity index (χ1) is 12.8. The number of aromatic nitrogens is 2. The lowest BCUT2D eigenvalue weighted by molar-refractivity contribution is -0.159. The summed E-state index contributed by atoms with van der Waals surface area (Å²) in [7, 11) is 0. The molecule has 27 heavy (non-hydrogen) atoms. The quantitative estimate of drug-likeness (QED) is 0.521. The number of Topliss-reactive ketones (excluding diaryl/α,β-unsaturated/α-hetero) is 1. The van der Waals surface area contributed by atoms with Gasteiger partial charge in [-0.2, -0.15) is 18.2 Å². The molecule has 0 unspecified atom stereocenters. The summed E-state index contributed by atoms with van der Waals surface area (Å²) in [4.78, 5) is 26.8. The van der Waals surface area contributed by atoms with Gasteiger partial charge in [0.15, 0.2) is 5.76 Å². The molecule has 2 aromatic heterocycles. The highest BCUT2D eigenvalue weighted by atomic mass is 35.5. The Morgan fingerprint density at radius 1 is 1.22 bits per heavy atom. The topological polar surface area (TPSA) is 98.2 Å². The van der Waals surface area contributed by atoms with Crippen molar-refractivity contribution in [1.82, 2.24) is 15.5 Å². The van der Waals surface area contributed by atoms with Crippen LogP contribution in [0.1, 0.15) is 22.0 Å². The van der Waals surface area contributed by atoms with Gasteiger partial charge in [0.1, 0.15) is 0 Å². The number of hydrogen-bond acceptors (Lipinski definition) is 6. The van der Waals surface area contributed by atoms with Gasteiger partial charge < -0.3 is 14.3 Å². The van der Waals surface area contributed by atoms with Crippen LogP contribution in [0.25, 0.3) is 11.4 Å². The molecule has 0 saturated carbocycles. The largest absolute Gasteiger partial charge is 0.471 e. The monoisotopic (exact) mass is 399 g/mol. The number of benzene rings is 1. The molecule has 11 heteroatoms. The molecule has 0 fully saturated rings. The van der Waals surface area contributed by atoms with Crippen molar-refractivity contribution < 1.29 is 31.7 Å². The van der Waals surface area contributed by atoms with E-state index in [9.17, 15) is 22.8 Å². The summed E-state index contributed by atoms with van der Waals surface area (Å²) < 4.78 is 46.5. The van der Waals surface area contributed by atoms with Gasteiger partial charge in [0, 0.05) is 17.1 Å². The van der Waals surface area contributed by atoms with Gasteiger partial charge in [0.25, 0.3) is 11.7 Å². The first-order valence-corrected chi connectivity index (χ1v) is 7.69. The Bertz CT molecular complexity index is 983. The number of furan rings is 1. The Balaban J connectivity index is 1.69. The van der Waals surface area contributed by atoms with Crippen LogP contribution in [-0.4, -0.2) is 21.8 Å². The second-order valence-electron chi connectivity index (χ2n) is 5.22. The van der Waals surface area contributed by atoms with Crippen molar-refractivity contribution in [2.45, 2.75) is 12.7 Å². The molecule has 0 aliphatic carbocycles. The van der Waals surface area contributed by atoms with E-state index in [4.69, 9.17) is 16.0 Å². The lowest BCUT2D eigenvalue weighted by Gasteiger charge is -2.07. The number of nitrogens with one attached hydrogen (secondary N) is 1. The zero-order valence-corrected chi connectivity index (χ0v) is 14.0. The normalized spacial score (nSPS) is 11.4. The molecular formula is C16H9ClF3N3O4. The minimum absolute atomic E-state index is 0.0789. The summed E-state index contributed by atoms with van der Waals surface area (Å²) in [5, 5.41) is 5.78. The predicted molar refractivity (Wildman–Crippen MR) is 84.6 cm³/mol. The average Bonchev–Trinajstić information content (AvgIpc) is 3.30. The molecule has 0 atom stereocenters. The molecule has 140 valence electrons. The van der Waals surface area contributed by atoms with Crippen LogP contribution in [0, 0.1) is 0 Å². The average molecular weight is 400 g/mol. The fourth-order valence-electron chi connectivity index (χ4n) is 2.06. The number of halogens is 4. The summed E-state index contributed by atoms with van der Waals surface area (Å²) in [5.74, 6) is -3.60. The zero-order chi connectivity index (χ0) is 19.6. The summed E-state index contributed by atoms with van der Waals surface area (Å²) in [6.07, 6.45) is -3.49. The molecule has 0 saturated heterocycles. The molecule has 0 bridgehead atoms. The Morgan fingerprint density at radius 3 is 2.59 bits per heavy atom. The Hall–Kier alpha value is -3.14. The Labute approximate surface area is 154 Å². The summed E-state index contributed by atoms with van der Waals surface area (Å²) in [6, 6.07) is 7.01. The molecule has 7 nitrogen and oxygen atoms in total. The predicted octanol–water partition coefficient (Wildman–Crippen LogP) is 3.50. The maximum absolute atomic E-state index is 12.5. The van der Waals surface area contributed by atoms with Gasteiger partial charge in [-0.1, -0.05) is 28.9 Å². The van der Waals surface area contributed by atoms with Crippen molar-refractivity contribution in [3.63, 3.8) is 0 Å². The lowest BCUT2D eigenvalue weighted by atomic mass is 10.1. The Kier molecular flexibility index (Phi) is 5.00. The van der Waals surface area contributed by atoms with Gasteiger partial charge in [0.05, 0.1) is 6.26 Å². The first kappa shape index (κ1) is 18.6. The maximum Gasteiger partial charge on any atom is 0.471 e. The van der Waals surface area contributed by atoms with Gasteiger partial charge in [-0.25, -0.2) is 0 Å². The molecule has 0 spiro atoms. The van der Waals surface area contributed by atoms with E-state index in [0.29, 0.717) is 5.56 Å². The minimum atomic E-state index is -4.75. The highest BCUT2D eigenvalue weighted by molar-refractivity contribution is 6.42. The van der Waals surface area contributed by atoms with Crippen LogP contribution >= 0.6 is 11.6 Å². The third kappa shape index (κ3) is 4.17. The lowest BCUT2D eigenvalue weighted by Crippen LogP contribution is -2.30. The fourth-order valence-corrected chi connectivity index (χ4v) is 2.31. The molecule has 3 rings (SSSR count). The van der Waals surface area contributed by atoms with Crippen LogP contribution in [0.5, 0.6) is 0 Å². The van der Waals surface area contributed by atoms with E-state index in [1.165, 1.54) is 36.6 Å². The van der Waals surface area contributed by atoms with E-state index < -0.39 is 23.8 Å². The minimum Gasteiger partial charge on any atom is -0.461 e. The molecule has 3 aromatic rings. The van der Waals surface area contributed by atoms with Crippen molar-refractivity contribution in [2.24, 2.45) is 0 Å². The number of carbonyl (C=O) groups excluding carboxylic acids is 2. The van der Waals surface area contributed by atoms with E-state index in [-0.39, 0.29) is 28.7 Å². The van der Waals surface area contributed by atoms with Crippen molar-refractivity contribution >= 4 is 23.3 Å². The second-order valence-corrected chi connectivity index (χ2v) is 5.62. The van der Waals surface area contributed by atoms with Crippen LogP contribution in [0.4, 0.5) is 13.2 Å². The molecule has 1 N–H and O–H groups in total. The highest BCUT2D eigenvalue weighted by Crippen LogP contribution is 2.30. The molecular weight excluding hydrogens is 391 g/mol. The first-order valence-electron chi connectivity index (χ1n) is 7.31. The number of alkyl halides is 3. The van der Waals surface area contributed by atoms with Crippen molar-refractivity contribution in [1.29, 1.82) is 0 Å². The fraction of sp³-hybridized carbons (Fsp3) is 0.125. The van der Waals surface area contributed by atoms with E-state index >= 15 is 0 Å². The number of ketones is 1.